The lowest BCUT2D eigenvalue weighted by atomic mass is 10.0. The fraction of sp³-hybridized carbons (Fsp3) is 0.913. The average Bonchev–Trinajstić information content (AvgIpc) is 3.91. The Labute approximate surface area is 350 Å². The van der Waals surface area contributed by atoms with Crippen LogP contribution >= 0.6 is 7.82 Å². The van der Waals surface area contributed by atoms with Gasteiger partial charge < -0.3 is 23.6 Å². The first kappa shape index (κ1) is 53.7. The van der Waals surface area contributed by atoms with Gasteiger partial charge in [-0.25, -0.2) is 4.57 Å². The molecule has 57 heavy (non-hydrogen) atoms. The molecule has 1 N–H and O–H groups in total. The van der Waals surface area contributed by atoms with Crippen molar-refractivity contribution >= 4 is 19.8 Å². The third-order valence-corrected chi connectivity index (χ3v) is 11.7. The van der Waals surface area contributed by atoms with Crippen LogP contribution in [0.5, 0.6) is 0 Å². The standard InChI is InChI=1S/C46H88NO9P/c1-6-8-10-11-12-13-14-15-16-17-18-19-20-21-25-28-32-36-45(48)52-40-42(41-54-57(50,51)53-39-38-47(3,4)5)55-46(49)37-33-29-26-23-22-24-27-31-35-44-43(56-44)34-30-9-7-2/h27,31,42-44H,6-26,28-30,32-41H2,1-5H3/p+1/b31-27-/t42-,43?,44?/m1/s1. The van der Waals surface area contributed by atoms with Crippen molar-refractivity contribution in [1.29, 1.82) is 0 Å². The molecule has 1 fully saturated rings. The number of phosphoric acid groups is 1. The van der Waals surface area contributed by atoms with Crippen molar-refractivity contribution in [3.8, 4) is 0 Å². The molecule has 11 heteroatoms. The van der Waals surface area contributed by atoms with Gasteiger partial charge in [0, 0.05) is 12.8 Å². The normalized spacial score (nSPS) is 17.2. The van der Waals surface area contributed by atoms with Crippen molar-refractivity contribution < 1.29 is 46.8 Å². The van der Waals surface area contributed by atoms with Crippen molar-refractivity contribution in [2.45, 2.75) is 225 Å². The molecule has 10 nitrogen and oxygen atoms in total. The Morgan fingerprint density at radius 2 is 1.12 bits per heavy atom. The second kappa shape index (κ2) is 35.5. The van der Waals surface area contributed by atoms with Crippen molar-refractivity contribution in [3.63, 3.8) is 0 Å². The van der Waals surface area contributed by atoms with E-state index < -0.39 is 26.5 Å². The van der Waals surface area contributed by atoms with Gasteiger partial charge in [0.2, 0.25) is 0 Å². The highest BCUT2D eigenvalue weighted by Gasteiger charge is 2.36. The van der Waals surface area contributed by atoms with Crippen LogP contribution in [0, 0.1) is 0 Å². The average molecular weight is 831 g/mol. The summed E-state index contributed by atoms with van der Waals surface area (Å²) >= 11 is 0. The molecule has 3 unspecified atom stereocenters. The summed E-state index contributed by atoms with van der Waals surface area (Å²) in [6.07, 6.45) is 38.5. The Morgan fingerprint density at radius 3 is 1.67 bits per heavy atom. The summed E-state index contributed by atoms with van der Waals surface area (Å²) in [4.78, 5) is 35.4. The monoisotopic (exact) mass is 831 g/mol. The molecule has 1 aliphatic heterocycles. The van der Waals surface area contributed by atoms with E-state index >= 15 is 0 Å². The summed E-state index contributed by atoms with van der Waals surface area (Å²) in [6.45, 7) is 4.40. The summed E-state index contributed by atoms with van der Waals surface area (Å²) < 4.78 is 40.1. The maximum absolute atomic E-state index is 12.7. The van der Waals surface area contributed by atoms with Crippen LogP contribution in [-0.4, -0.2) is 87.1 Å². The highest BCUT2D eigenvalue weighted by molar-refractivity contribution is 7.47. The lowest BCUT2D eigenvalue weighted by Crippen LogP contribution is -2.37. The SMILES string of the molecule is CCCCCCCCCCCCCCCCCCCC(=O)OC[C@H](COP(=O)(O)OCC[N+](C)(C)C)OC(=O)CCCCCCC/C=C\CC1OC1CCCCC. The minimum Gasteiger partial charge on any atom is -0.462 e. The molecular weight excluding hydrogens is 741 g/mol. The minimum absolute atomic E-state index is 0.0292. The van der Waals surface area contributed by atoms with E-state index in [1.807, 2.05) is 21.1 Å². The van der Waals surface area contributed by atoms with E-state index in [1.54, 1.807) is 0 Å². The van der Waals surface area contributed by atoms with Gasteiger partial charge in [-0.3, -0.25) is 18.6 Å². The maximum Gasteiger partial charge on any atom is 0.472 e. The van der Waals surface area contributed by atoms with E-state index in [0.717, 1.165) is 57.8 Å². The zero-order valence-electron chi connectivity index (χ0n) is 37.5. The fourth-order valence-corrected chi connectivity index (χ4v) is 7.65. The number of likely N-dealkylation sites (N-methyl/N-ethyl adjacent to an activating group) is 1. The molecule has 0 radical (unpaired) electrons. The second-order valence-electron chi connectivity index (χ2n) is 17.5. The van der Waals surface area contributed by atoms with Gasteiger partial charge in [-0.15, -0.1) is 0 Å². The molecule has 0 aromatic carbocycles. The molecule has 1 aliphatic rings. The topological polar surface area (TPSA) is 121 Å². The summed E-state index contributed by atoms with van der Waals surface area (Å²) in [6, 6.07) is 0. The number of carbonyl (C=O) groups excluding carboxylic acids is 2. The second-order valence-corrected chi connectivity index (χ2v) is 19.0. The van der Waals surface area contributed by atoms with E-state index in [4.69, 9.17) is 23.3 Å². The number of hydrogen-bond donors (Lipinski definition) is 1. The zero-order chi connectivity index (χ0) is 41.9. The number of nitrogens with zero attached hydrogens (tertiary/aromatic N) is 1. The number of ether oxygens (including phenoxy) is 3. The minimum atomic E-state index is -4.38. The quantitative estimate of drug-likeness (QED) is 0.0160. The lowest BCUT2D eigenvalue weighted by Gasteiger charge is -2.24. The molecule has 1 heterocycles. The van der Waals surface area contributed by atoms with E-state index in [0.29, 0.717) is 29.7 Å². The maximum atomic E-state index is 12.7. The number of hydrogen-bond acceptors (Lipinski definition) is 8. The Morgan fingerprint density at radius 1 is 0.632 bits per heavy atom. The van der Waals surface area contributed by atoms with E-state index in [1.165, 1.54) is 116 Å². The van der Waals surface area contributed by atoms with Gasteiger partial charge in [-0.05, 0) is 38.5 Å². The van der Waals surface area contributed by atoms with E-state index in [9.17, 15) is 19.0 Å². The van der Waals surface area contributed by atoms with Crippen molar-refractivity contribution in [1.82, 2.24) is 0 Å². The molecular formula is C46H89NO9P+. The van der Waals surface area contributed by atoms with Gasteiger partial charge in [0.15, 0.2) is 6.10 Å². The van der Waals surface area contributed by atoms with E-state index in [-0.39, 0.29) is 32.0 Å². The molecule has 0 amide bonds. The molecule has 1 rings (SSSR count). The largest absolute Gasteiger partial charge is 0.472 e. The Bertz CT molecular complexity index is 1050. The molecule has 0 aromatic heterocycles. The van der Waals surface area contributed by atoms with Gasteiger partial charge in [0.05, 0.1) is 40.0 Å². The zero-order valence-corrected chi connectivity index (χ0v) is 38.4. The Hall–Kier alpha value is -1.29. The van der Waals surface area contributed by atoms with Crippen LogP contribution in [0.25, 0.3) is 0 Å². The highest BCUT2D eigenvalue weighted by Crippen LogP contribution is 2.43. The number of allylic oxidation sites excluding steroid dienone is 1. The predicted molar refractivity (Wildman–Crippen MR) is 233 cm³/mol. The van der Waals surface area contributed by atoms with Crippen LogP contribution in [-0.2, 0) is 37.4 Å². The number of esters is 2. The van der Waals surface area contributed by atoms with Crippen LogP contribution in [0.2, 0.25) is 0 Å². The van der Waals surface area contributed by atoms with Crippen molar-refractivity contribution in [2.24, 2.45) is 0 Å². The third-order valence-electron chi connectivity index (χ3n) is 10.7. The van der Waals surface area contributed by atoms with Gasteiger partial charge in [-0.1, -0.05) is 167 Å². The number of carbonyl (C=O) groups is 2. The number of unbranched alkanes of at least 4 members (excludes halogenated alkanes) is 23. The first-order valence-electron chi connectivity index (χ1n) is 23.5. The molecule has 336 valence electrons. The first-order chi connectivity index (χ1) is 27.5. The van der Waals surface area contributed by atoms with Gasteiger partial charge in [0.25, 0.3) is 0 Å². The summed E-state index contributed by atoms with van der Waals surface area (Å²) in [5, 5.41) is 0. The molecule has 0 aromatic rings. The van der Waals surface area contributed by atoms with Crippen LogP contribution < -0.4 is 0 Å². The highest BCUT2D eigenvalue weighted by atomic mass is 31.2. The summed E-state index contributed by atoms with van der Waals surface area (Å²) in [5.41, 5.74) is 0. The predicted octanol–water partition coefficient (Wildman–Crippen LogP) is 12.3. The summed E-state index contributed by atoms with van der Waals surface area (Å²) in [7, 11) is 1.47. The number of phosphoric ester groups is 1. The lowest BCUT2D eigenvalue weighted by molar-refractivity contribution is -0.870. The number of rotatable bonds is 42. The van der Waals surface area contributed by atoms with Crippen LogP contribution in [0.15, 0.2) is 12.2 Å². The van der Waals surface area contributed by atoms with E-state index in [2.05, 4.69) is 26.0 Å². The molecule has 0 aliphatic carbocycles. The summed E-state index contributed by atoms with van der Waals surface area (Å²) in [5.74, 6) is -0.810. The van der Waals surface area contributed by atoms with Crippen molar-refractivity contribution in [3.05, 3.63) is 12.2 Å². The number of epoxide rings is 1. The van der Waals surface area contributed by atoms with Gasteiger partial charge in [0.1, 0.15) is 19.8 Å². The van der Waals surface area contributed by atoms with Crippen LogP contribution in [0.3, 0.4) is 0 Å². The molecule has 0 bridgehead atoms. The molecule has 0 saturated carbocycles. The third kappa shape index (κ3) is 36.3. The smallest absolute Gasteiger partial charge is 0.462 e. The Balaban J connectivity index is 2.24. The number of quaternary nitrogens is 1. The molecule has 1 saturated heterocycles. The fourth-order valence-electron chi connectivity index (χ4n) is 6.90. The van der Waals surface area contributed by atoms with Gasteiger partial charge in [-0.2, -0.15) is 0 Å². The van der Waals surface area contributed by atoms with Crippen LogP contribution in [0.1, 0.15) is 206 Å². The first-order valence-corrected chi connectivity index (χ1v) is 25.0. The van der Waals surface area contributed by atoms with Crippen molar-refractivity contribution in [2.75, 3.05) is 47.5 Å². The Kier molecular flexibility index (Phi) is 33.4. The van der Waals surface area contributed by atoms with Crippen LogP contribution in [0.4, 0.5) is 0 Å². The van der Waals surface area contributed by atoms with Gasteiger partial charge >= 0.3 is 19.8 Å². The molecule has 0 spiro atoms. The molecule has 4 atom stereocenters.